The first-order chi connectivity index (χ1) is 16.8. The number of benzene rings is 3. The molecule has 0 N–H and O–H groups in total. The molecular formula is C28H29FO6. The first kappa shape index (κ1) is 25.7. The second-order valence-corrected chi connectivity index (χ2v) is 8.05. The van der Waals surface area contributed by atoms with Crippen LogP contribution in [0.3, 0.4) is 0 Å². The van der Waals surface area contributed by atoms with Crippen molar-refractivity contribution in [1.82, 2.24) is 0 Å². The van der Waals surface area contributed by atoms with E-state index >= 15 is 0 Å². The summed E-state index contributed by atoms with van der Waals surface area (Å²) >= 11 is 0. The summed E-state index contributed by atoms with van der Waals surface area (Å²) in [6.07, 6.45) is -0.00185. The highest BCUT2D eigenvalue weighted by Gasteiger charge is 2.16. The normalized spacial score (nSPS) is 12.4. The molecule has 0 saturated carbocycles. The second-order valence-electron chi connectivity index (χ2n) is 8.05. The van der Waals surface area contributed by atoms with Crippen molar-refractivity contribution in [1.29, 1.82) is 0 Å². The molecule has 0 aliphatic rings. The maximum absolute atomic E-state index is 14.8. The minimum Gasteiger partial charge on any atom is -0.479 e. The molecule has 0 bridgehead atoms. The van der Waals surface area contributed by atoms with E-state index in [0.717, 1.165) is 17.5 Å². The van der Waals surface area contributed by atoms with Gasteiger partial charge in [0.1, 0.15) is 17.3 Å². The van der Waals surface area contributed by atoms with Crippen LogP contribution < -0.4 is 9.47 Å². The highest BCUT2D eigenvalue weighted by atomic mass is 19.1. The third-order valence-electron chi connectivity index (χ3n) is 5.52. The number of carbonyl (C=O) groups excluding carboxylic acids is 2. The highest BCUT2D eigenvalue weighted by molar-refractivity contribution is 5.75. The summed E-state index contributed by atoms with van der Waals surface area (Å²) in [5.41, 5.74) is 3.16. The zero-order chi connectivity index (χ0) is 25.4. The molecule has 0 spiro atoms. The van der Waals surface area contributed by atoms with Crippen LogP contribution in [-0.2, 0) is 31.9 Å². The van der Waals surface area contributed by atoms with Gasteiger partial charge in [0.25, 0.3) is 0 Å². The van der Waals surface area contributed by atoms with Gasteiger partial charge in [-0.05, 0) is 73.7 Å². The molecule has 0 saturated heterocycles. The molecule has 0 amide bonds. The lowest BCUT2D eigenvalue weighted by atomic mass is 9.99. The number of hydrogen-bond donors (Lipinski definition) is 0. The molecule has 0 aromatic heterocycles. The van der Waals surface area contributed by atoms with Crippen molar-refractivity contribution in [2.24, 2.45) is 0 Å². The molecule has 3 aromatic carbocycles. The lowest BCUT2D eigenvalue weighted by Crippen LogP contribution is -2.24. The summed E-state index contributed by atoms with van der Waals surface area (Å²) in [5, 5.41) is 0. The first-order valence-corrected chi connectivity index (χ1v) is 11.3. The van der Waals surface area contributed by atoms with Gasteiger partial charge in [-0.2, -0.15) is 0 Å². The number of carbonyl (C=O) groups is 2. The molecule has 0 unspecified atom stereocenters. The largest absolute Gasteiger partial charge is 0.479 e. The van der Waals surface area contributed by atoms with Crippen LogP contribution in [0.25, 0.3) is 11.1 Å². The van der Waals surface area contributed by atoms with Crippen molar-refractivity contribution in [2.75, 3.05) is 14.2 Å². The number of ether oxygens (including phenoxy) is 4. The predicted octanol–water partition coefficient (Wildman–Crippen LogP) is 5.16. The van der Waals surface area contributed by atoms with Gasteiger partial charge in [0, 0.05) is 5.56 Å². The summed E-state index contributed by atoms with van der Waals surface area (Å²) < 4.78 is 35.2. The molecule has 3 rings (SSSR count). The quantitative estimate of drug-likeness (QED) is 0.374. The van der Waals surface area contributed by atoms with E-state index in [4.69, 9.17) is 9.47 Å². The van der Waals surface area contributed by atoms with Gasteiger partial charge in [0.15, 0.2) is 12.2 Å². The van der Waals surface area contributed by atoms with Gasteiger partial charge in [0.2, 0.25) is 0 Å². The van der Waals surface area contributed by atoms with Crippen molar-refractivity contribution in [3.63, 3.8) is 0 Å². The fourth-order valence-electron chi connectivity index (χ4n) is 3.52. The van der Waals surface area contributed by atoms with Crippen molar-refractivity contribution >= 4 is 11.9 Å². The molecule has 184 valence electrons. The lowest BCUT2D eigenvalue weighted by molar-refractivity contribution is -0.148. The predicted molar refractivity (Wildman–Crippen MR) is 130 cm³/mol. The Morgan fingerprint density at radius 2 is 1.17 bits per heavy atom. The third kappa shape index (κ3) is 7.06. The molecule has 35 heavy (non-hydrogen) atoms. The van der Waals surface area contributed by atoms with Gasteiger partial charge in [-0.25, -0.2) is 14.0 Å². The Labute approximate surface area is 204 Å². The molecular weight excluding hydrogens is 451 g/mol. The van der Waals surface area contributed by atoms with E-state index in [9.17, 15) is 14.0 Å². The molecule has 2 atom stereocenters. The Bertz CT molecular complexity index is 1140. The van der Waals surface area contributed by atoms with Crippen molar-refractivity contribution in [3.8, 4) is 22.6 Å². The molecule has 0 heterocycles. The molecule has 3 aromatic rings. The number of aryl methyl sites for hydroxylation is 2. The first-order valence-electron chi connectivity index (χ1n) is 11.3. The van der Waals surface area contributed by atoms with Crippen LogP contribution in [0, 0.1) is 5.82 Å². The van der Waals surface area contributed by atoms with E-state index in [-0.39, 0.29) is 5.82 Å². The van der Waals surface area contributed by atoms with E-state index in [0.29, 0.717) is 29.0 Å². The van der Waals surface area contributed by atoms with Crippen LogP contribution in [0.5, 0.6) is 11.5 Å². The standard InChI is InChI=1S/C28H29FO6/c1-18(27(30)32-3)34-23-12-7-20(8-13-23)5-6-21-9-16-25(26(29)17-21)22-10-14-24(15-11-22)35-19(2)28(31)33-4/h7-19H,5-6H2,1-4H3/t18-,19+/m0/s1. The molecule has 0 aliphatic carbocycles. The van der Waals surface area contributed by atoms with Crippen LogP contribution in [0.4, 0.5) is 4.39 Å². The number of methoxy groups -OCH3 is 2. The minimum atomic E-state index is -0.728. The van der Waals surface area contributed by atoms with E-state index in [1.165, 1.54) is 14.2 Å². The number of hydrogen-bond acceptors (Lipinski definition) is 6. The summed E-state index contributed by atoms with van der Waals surface area (Å²) in [7, 11) is 2.63. The Hall–Kier alpha value is -3.87. The summed E-state index contributed by atoms with van der Waals surface area (Å²) in [4.78, 5) is 23.0. The molecule has 0 radical (unpaired) electrons. The van der Waals surface area contributed by atoms with Crippen LogP contribution in [0.1, 0.15) is 25.0 Å². The fourth-order valence-corrected chi connectivity index (χ4v) is 3.52. The maximum Gasteiger partial charge on any atom is 0.346 e. The van der Waals surface area contributed by atoms with Gasteiger partial charge >= 0.3 is 11.9 Å². The average Bonchev–Trinajstić information content (AvgIpc) is 2.87. The zero-order valence-electron chi connectivity index (χ0n) is 20.2. The van der Waals surface area contributed by atoms with E-state index < -0.39 is 24.1 Å². The van der Waals surface area contributed by atoms with E-state index in [2.05, 4.69) is 9.47 Å². The van der Waals surface area contributed by atoms with Gasteiger partial charge in [-0.3, -0.25) is 0 Å². The number of rotatable bonds is 10. The number of halogens is 1. The van der Waals surface area contributed by atoms with Gasteiger partial charge in [-0.15, -0.1) is 0 Å². The van der Waals surface area contributed by atoms with Crippen molar-refractivity contribution in [2.45, 2.75) is 38.9 Å². The Kier molecular flexibility index (Phi) is 8.84. The Balaban J connectivity index is 1.58. The van der Waals surface area contributed by atoms with Gasteiger partial charge in [0.05, 0.1) is 14.2 Å². The third-order valence-corrected chi connectivity index (χ3v) is 5.52. The molecule has 0 aliphatic heterocycles. The zero-order valence-corrected chi connectivity index (χ0v) is 20.2. The van der Waals surface area contributed by atoms with Crippen molar-refractivity contribution in [3.05, 3.63) is 83.7 Å². The fraction of sp³-hybridized carbons (Fsp3) is 0.286. The smallest absolute Gasteiger partial charge is 0.346 e. The van der Waals surface area contributed by atoms with Crippen LogP contribution in [0.2, 0.25) is 0 Å². The molecule has 6 nitrogen and oxygen atoms in total. The van der Waals surface area contributed by atoms with Gasteiger partial charge in [-0.1, -0.05) is 36.4 Å². The second kappa shape index (κ2) is 12.0. The van der Waals surface area contributed by atoms with Crippen molar-refractivity contribution < 1.29 is 32.9 Å². The Morgan fingerprint density at radius 3 is 1.66 bits per heavy atom. The number of esters is 2. The van der Waals surface area contributed by atoms with Crippen LogP contribution in [0.15, 0.2) is 66.7 Å². The lowest BCUT2D eigenvalue weighted by Gasteiger charge is -2.13. The maximum atomic E-state index is 14.8. The van der Waals surface area contributed by atoms with Gasteiger partial charge < -0.3 is 18.9 Å². The SMILES string of the molecule is COC(=O)[C@H](C)Oc1ccc(CCc2ccc(-c3ccc(O[C@H](C)C(=O)OC)cc3)c(F)c2)cc1. The van der Waals surface area contributed by atoms with Crippen LogP contribution in [-0.4, -0.2) is 38.4 Å². The van der Waals surface area contributed by atoms with E-state index in [1.807, 2.05) is 18.2 Å². The summed E-state index contributed by atoms with van der Waals surface area (Å²) in [6.45, 7) is 3.23. The topological polar surface area (TPSA) is 71.1 Å². The summed E-state index contributed by atoms with van der Waals surface area (Å²) in [5.74, 6) is -0.122. The summed E-state index contributed by atoms with van der Waals surface area (Å²) in [6, 6.07) is 19.6. The average molecular weight is 481 g/mol. The monoisotopic (exact) mass is 480 g/mol. The molecule has 7 heteroatoms. The van der Waals surface area contributed by atoms with Crippen LogP contribution >= 0.6 is 0 Å². The minimum absolute atomic E-state index is 0.306. The Morgan fingerprint density at radius 1 is 0.714 bits per heavy atom. The van der Waals surface area contributed by atoms with E-state index in [1.54, 1.807) is 62.4 Å². The molecule has 0 fully saturated rings. The highest BCUT2D eigenvalue weighted by Crippen LogP contribution is 2.27.